The smallest absolute Gasteiger partial charge is 0.0400 e. The molecule has 2 heteroatoms. The molecule has 1 nitrogen and oxygen atoms in total. The molecular formula is C15H16BrN. The van der Waals surface area contributed by atoms with Gasteiger partial charge < -0.3 is 5.32 Å². The summed E-state index contributed by atoms with van der Waals surface area (Å²) in [6, 6.07) is 14.9. The molecule has 1 N–H and O–H groups in total. The first-order valence-electron chi connectivity index (χ1n) is 5.71. The highest BCUT2D eigenvalue weighted by molar-refractivity contribution is 9.10. The molecule has 88 valence electrons. The molecule has 0 aliphatic rings. The Hall–Kier alpha value is -1.28. The van der Waals surface area contributed by atoms with Gasteiger partial charge in [-0.1, -0.05) is 45.8 Å². The van der Waals surface area contributed by atoms with Crippen molar-refractivity contribution >= 4 is 21.6 Å². The van der Waals surface area contributed by atoms with E-state index in [1.807, 2.05) is 0 Å². The molecule has 2 aromatic carbocycles. The summed E-state index contributed by atoms with van der Waals surface area (Å²) in [5, 5.41) is 3.44. The van der Waals surface area contributed by atoms with Crippen molar-refractivity contribution in [1.82, 2.24) is 0 Å². The third-order valence-corrected chi connectivity index (χ3v) is 3.63. The molecule has 0 bridgehead atoms. The molecule has 0 spiro atoms. The van der Waals surface area contributed by atoms with Crippen LogP contribution >= 0.6 is 15.9 Å². The summed E-state index contributed by atoms with van der Waals surface area (Å²) < 4.78 is 1.15. The van der Waals surface area contributed by atoms with E-state index in [2.05, 4.69) is 77.6 Å². The second-order valence-corrected chi connectivity index (χ2v) is 5.16. The molecular weight excluding hydrogens is 274 g/mol. The van der Waals surface area contributed by atoms with Crippen molar-refractivity contribution < 1.29 is 0 Å². The molecule has 0 radical (unpaired) electrons. The Kier molecular flexibility index (Phi) is 3.85. The van der Waals surface area contributed by atoms with Gasteiger partial charge in [-0.05, 0) is 43.2 Å². The number of halogens is 1. The molecule has 0 unspecified atom stereocenters. The first-order chi connectivity index (χ1) is 8.15. The first kappa shape index (κ1) is 12.2. The fraction of sp³-hybridized carbons (Fsp3) is 0.200. The van der Waals surface area contributed by atoms with Gasteiger partial charge in [0.25, 0.3) is 0 Å². The zero-order chi connectivity index (χ0) is 12.3. The van der Waals surface area contributed by atoms with Crippen molar-refractivity contribution in [2.75, 3.05) is 5.32 Å². The zero-order valence-electron chi connectivity index (χ0n) is 10.1. The summed E-state index contributed by atoms with van der Waals surface area (Å²) in [6.45, 7) is 5.08. The van der Waals surface area contributed by atoms with Gasteiger partial charge in [-0.15, -0.1) is 0 Å². The summed E-state index contributed by atoms with van der Waals surface area (Å²) in [5.74, 6) is 0. The molecule has 0 fully saturated rings. The zero-order valence-corrected chi connectivity index (χ0v) is 11.7. The Balaban J connectivity index is 2.05. The molecule has 2 rings (SSSR count). The fourth-order valence-electron chi connectivity index (χ4n) is 1.78. The SMILES string of the molecule is Cc1cccc(CNc2ccc(Br)c(C)c2)c1. The van der Waals surface area contributed by atoms with Crippen molar-refractivity contribution in [1.29, 1.82) is 0 Å². The maximum absolute atomic E-state index is 3.51. The van der Waals surface area contributed by atoms with Crippen LogP contribution in [0.2, 0.25) is 0 Å². The average Bonchev–Trinajstić information content (AvgIpc) is 2.31. The van der Waals surface area contributed by atoms with E-state index in [1.165, 1.54) is 16.7 Å². The van der Waals surface area contributed by atoms with Gasteiger partial charge in [0.1, 0.15) is 0 Å². The van der Waals surface area contributed by atoms with E-state index < -0.39 is 0 Å². The molecule has 0 atom stereocenters. The standard InChI is InChI=1S/C15H16BrN/c1-11-4-3-5-13(8-11)10-17-14-6-7-15(16)12(2)9-14/h3-9,17H,10H2,1-2H3. The van der Waals surface area contributed by atoms with Crippen molar-refractivity contribution in [3.8, 4) is 0 Å². The highest BCUT2D eigenvalue weighted by atomic mass is 79.9. The summed E-state index contributed by atoms with van der Waals surface area (Å²) in [7, 11) is 0. The Labute approximate surface area is 111 Å². The number of nitrogens with one attached hydrogen (secondary N) is 1. The number of hydrogen-bond acceptors (Lipinski definition) is 1. The largest absolute Gasteiger partial charge is 0.381 e. The van der Waals surface area contributed by atoms with Gasteiger partial charge in [0.2, 0.25) is 0 Å². The molecule has 0 saturated carbocycles. The van der Waals surface area contributed by atoms with E-state index in [-0.39, 0.29) is 0 Å². The Morgan fingerprint density at radius 2 is 1.88 bits per heavy atom. The van der Waals surface area contributed by atoms with Crippen molar-refractivity contribution in [2.24, 2.45) is 0 Å². The van der Waals surface area contributed by atoms with Gasteiger partial charge in [-0.25, -0.2) is 0 Å². The second-order valence-electron chi connectivity index (χ2n) is 4.31. The molecule has 0 saturated heterocycles. The number of aryl methyl sites for hydroxylation is 2. The van der Waals surface area contributed by atoms with Crippen LogP contribution in [0.3, 0.4) is 0 Å². The van der Waals surface area contributed by atoms with E-state index in [1.54, 1.807) is 0 Å². The quantitative estimate of drug-likeness (QED) is 0.865. The summed E-state index contributed by atoms with van der Waals surface area (Å²) in [4.78, 5) is 0. The van der Waals surface area contributed by atoms with Crippen LogP contribution in [0.25, 0.3) is 0 Å². The minimum atomic E-state index is 0.864. The van der Waals surface area contributed by atoms with Gasteiger partial charge in [0, 0.05) is 16.7 Å². The van der Waals surface area contributed by atoms with Crippen LogP contribution in [-0.4, -0.2) is 0 Å². The predicted molar refractivity (Wildman–Crippen MR) is 77.4 cm³/mol. The lowest BCUT2D eigenvalue weighted by Crippen LogP contribution is -1.99. The highest BCUT2D eigenvalue weighted by Gasteiger charge is 1.97. The molecule has 0 aliphatic carbocycles. The molecule has 0 heterocycles. The molecule has 0 amide bonds. The van der Waals surface area contributed by atoms with Crippen molar-refractivity contribution in [3.05, 3.63) is 63.6 Å². The maximum atomic E-state index is 3.51. The van der Waals surface area contributed by atoms with E-state index in [9.17, 15) is 0 Å². The lowest BCUT2D eigenvalue weighted by atomic mass is 10.1. The fourth-order valence-corrected chi connectivity index (χ4v) is 2.03. The maximum Gasteiger partial charge on any atom is 0.0400 e. The number of anilines is 1. The van der Waals surface area contributed by atoms with Crippen molar-refractivity contribution in [2.45, 2.75) is 20.4 Å². The predicted octanol–water partition coefficient (Wildman–Crippen LogP) is 4.68. The lowest BCUT2D eigenvalue weighted by Gasteiger charge is -2.08. The highest BCUT2D eigenvalue weighted by Crippen LogP contribution is 2.20. The first-order valence-corrected chi connectivity index (χ1v) is 6.50. The lowest BCUT2D eigenvalue weighted by molar-refractivity contribution is 1.14. The van der Waals surface area contributed by atoms with Crippen LogP contribution in [0, 0.1) is 13.8 Å². The summed E-state index contributed by atoms with van der Waals surface area (Å²) in [5.41, 5.74) is 5.02. The minimum absolute atomic E-state index is 0.864. The van der Waals surface area contributed by atoms with Crippen LogP contribution in [0.5, 0.6) is 0 Å². The van der Waals surface area contributed by atoms with Gasteiger partial charge in [0.15, 0.2) is 0 Å². The van der Waals surface area contributed by atoms with Crippen LogP contribution in [0.15, 0.2) is 46.9 Å². The Morgan fingerprint density at radius 1 is 1.06 bits per heavy atom. The van der Waals surface area contributed by atoms with E-state index in [0.717, 1.165) is 16.7 Å². The third kappa shape index (κ3) is 3.34. The molecule has 0 aromatic heterocycles. The summed E-state index contributed by atoms with van der Waals surface area (Å²) >= 11 is 3.51. The Morgan fingerprint density at radius 3 is 2.59 bits per heavy atom. The van der Waals surface area contributed by atoms with Crippen LogP contribution in [0.1, 0.15) is 16.7 Å². The molecule has 0 aliphatic heterocycles. The van der Waals surface area contributed by atoms with Crippen molar-refractivity contribution in [3.63, 3.8) is 0 Å². The van der Waals surface area contributed by atoms with Gasteiger partial charge in [0.05, 0.1) is 0 Å². The van der Waals surface area contributed by atoms with Crippen LogP contribution in [-0.2, 0) is 6.54 Å². The monoisotopic (exact) mass is 289 g/mol. The normalized spacial score (nSPS) is 10.3. The number of benzene rings is 2. The van der Waals surface area contributed by atoms with Gasteiger partial charge in [-0.3, -0.25) is 0 Å². The molecule has 17 heavy (non-hydrogen) atoms. The van der Waals surface area contributed by atoms with E-state index in [0.29, 0.717) is 0 Å². The average molecular weight is 290 g/mol. The number of rotatable bonds is 3. The Bertz CT molecular complexity index is 520. The second kappa shape index (κ2) is 5.37. The summed E-state index contributed by atoms with van der Waals surface area (Å²) in [6.07, 6.45) is 0. The molecule has 2 aromatic rings. The number of hydrogen-bond donors (Lipinski definition) is 1. The van der Waals surface area contributed by atoms with Gasteiger partial charge in [-0.2, -0.15) is 0 Å². The van der Waals surface area contributed by atoms with E-state index >= 15 is 0 Å². The topological polar surface area (TPSA) is 12.0 Å². The van der Waals surface area contributed by atoms with Crippen LogP contribution < -0.4 is 5.32 Å². The van der Waals surface area contributed by atoms with E-state index in [4.69, 9.17) is 0 Å². The van der Waals surface area contributed by atoms with Crippen LogP contribution in [0.4, 0.5) is 5.69 Å². The minimum Gasteiger partial charge on any atom is -0.381 e. The van der Waals surface area contributed by atoms with Gasteiger partial charge >= 0.3 is 0 Å². The third-order valence-electron chi connectivity index (χ3n) is 2.74.